The monoisotopic (exact) mass is 342 g/mol. The maximum absolute atomic E-state index is 12.5. The number of likely N-dealkylation sites (tertiary alicyclic amines) is 1. The predicted octanol–water partition coefficient (Wildman–Crippen LogP) is 1.53. The van der Waals surface area contributed by atoms with Crippen LogP contribution < -0.4 is 5.32 Å². The molecule has 2 fully saturated rings. The van der Waals surface area contributed by atoms with Crippen molar-refractivity contribution in [1.82, 2.24) is 10.2 Å². The van der Waals surface area contributed by atoms with Crippen LogP contribution in [0.3, 0.4) is 0 Å². The van der Waals surface area contributed by atoms with E-state index < -0.39 is 0 Å². The fraction of sp³-hybridized carbons (Fsp3) is 0.526. The summed E-state index contributed by atoms with van der Waals surface area (Å²) in [6.45, 7) is 0.858. The minimum Gasteiger partial charge on any atom is -0.469 e. The second-order valence-electron chi connectivity index (χ2n) is 7.11. The number of nitrogens with zero attached hydrogens (tertiary/aromatic N) is 1. The zero-order valence-electron chi connectivity index (χ0n) is 14.0. The molecule has 0 unspecified atom stereocenters. The lowest BCUT2D eigenvalue weighted by Crippen LogP contribution is -2.35. The predicted molar refractivity (Wildman–Crippen MR) is 89.1 cm³/mol. The van der Waals surface area contributed by atoms with E-state index in [0.29, 0.717) is 32.4 Å². The van der Waals surface area contributed by atoms with Gasteiger partial charge in [-0.05, 0) is 36.8 Å². The van der Waals surface area contributed by atoms with Crippen LogP contribution in [0.2, 0.25) is 0 Å². The topological polar surface area (TPSA) is 79.6 Å². The van der Waals surface area contributed by atoms with Gasteiger partial charge in [0.15, 0.2) is 0 Å². The van der Waals surface area contributed by atoms with E-state index in [9.17, 15) is 14.4 Å². The van der Waals surface area contributed by atoms with Crippen LogP contribution >= 0.6 is 0 Å². The molecule has 6 heteroatoms. The smallest absolute Gasteiger partial charge is 0.233 e. The van der Waals surface area contributed by atoms with Crippen molar-refractivity contribution in [2.24, 2.45) is 23.7 Å². The van der Waals surface area contributed by atoms with Crippen molar-refractivity contribution < 1.29 is 18.8 Å². The van der Waals surface area contributed by atoms with E-state index in [1.807, 2.05) is 6.07 Å². The van der Waals surface area contributed by atoms with Gasteiger partial charge in [-0.1, -0.05) is 12.2 Å². The average Bonchev–Trinajstić information content (AvgIpc) is 3.37. The van der Waals surface area contributed by atoms with Crippen molar-refractivity contribution in [3.63, 3.8) is 0 Å². The molecule has 4 rings (SSSR count). The summed E-state index contributed by atoms with van der Waals surface area (Å²) in [7, 11) is 0. The zero-order chi connectivity index (χ0) is 17.4. The number of imide groups is 1. The van der Waals surface area contributed by atoms with Crippen LogP contribution in [0.25, 0.3) is 0 Å². The van der Waals surface area contributed by atoms with Crippen LogP contribution in [0.5, 0.6) is 0 Å². The molecule has 2 heterocycles. The van der Waals surface area contributed by atoms with Gasteiger partial charge in [0.25, 0.3) is 0 Å². The molecule has 4 atom stereocenters. The molecule has 1 aromatic rings. The molecule has 6 nitrogen and oxygen atoms in total. The number of carbonyl (C=O) groups excluding carboxylic acids is 3. The van der Waals surface area contributed by atoms with Crippen molar-refractivity contribution in [2.75, 3.05) is 13.1 Å². The van der Waals surface area contributed by atoms with Crippen molar-refractivity contribution in [1.29, 1.82) is 0 Å². The maximum Gasteiger partial charge on any atom is 0.233 e. The van der Waals surface area contributed by atoms with E-state index in [1.165, 1.54) is 4.90 Å². The minimum atomic E-state index is -0.134. The highest BCUT2D eigenvalue weighted by atomic mass is 16.3. The molecule has 1 aromatic heterocycles. The number of nitrogens with one attached hydrogen (secondary N) is 1. The van der Waals surface area contributed by atoms with E-state index in [1.54, 1.807) is 12.3 Å². The number of aryl methyl sites for hydroxylation is 1. The summed E-state index contributed by atoms with van der Waals surface area (Å²) in [5.41, 5.74) is 0. The SMILES string of the molecule is O=C(CCc1ccco1)NCCCN1C(=O)[C@@H]2[C@H](C1=O)[C@H]1C=C[C@H]2C1. The summed E-state index contributed by atoms with van der Waals surface area (Å²) in [5, 5.41) is 2.84. The van der Waals surface area contributed by atoms with Gasteiger partial charge in [-0.3, -0.25) is 19.3 Å². The van der Waals surface area contributed by atoms with Crippen molar-refractivity contribution >= 4 is 17.7 Å². The summed E-state index contributed by atoms with van der Waals surface area (Å²) < 4.78 is 5.19. The lowest BCUT2D eigenvalue weighted by atomic mass is 9.85. The Bertz CT molecular complexity index is 679. The Morgan fingerprint density at radius 2 is 1.92 bits per heavy atom. The Labute approximate surface area is 146 Å². The number of carbonyl (C=O) groups is 3. The molecule has 0 aromatic carbocycles. The molecule has 132 valence electrons. The van der Waals surface area contributed by atoms with Gasteiger partial charge in [0.1, 0.15) is 5.76 Å². The third-order valence-electron chi connectivity index (χ3n) is 5.62. The van der Waals surface area contributed by atoms with Gasteiger partial charge in [0.05, 0.1) is 18.1 Å². The number of hydrogen-bond donors (Lipinski definition) is 1. The van der Waals surface area contributed by atoms with Crippen LogP contribution in [-0.4, -0.2) is 35.7 Å². The standard InChI is InChI=1S/C19H22N2O4/c22-15(7-6-14-3-1-10-25-14)20-8-2-9-21-18(23)16-12-4-5-13(11-12)17(16)19(21)24/h1,3-5,10,12-13,16-17H,2,6-9,11H2,(H,20,22)/t12-,13-,16-,17+/m0/s1. The number of hydrogen-bond acceptors (Lipinski definition) is 4. The quantitative estimate of drug-likeness (QED) is 0.463. The van der Waals surface area contributed by atoms with Crippen LogP contribution in [0, 0.1) is 23.7 Å². The molecule has 2 bridgehead atoms. The van der Waals surface area contributed by atoms with Crippen molar-refractivity contribution in [2.45, 2.75) is 25.7 Å². The molecule has 0 spiro atoms. The second-order valence-corrected chi connectivity index (χ2v) is 7.11. The summed E-state index contributed by atoms with van der Waals surface area (Å²) in [6, 6.07) is 3.64. The zero-order valence-corrected chi connectivity index (χ0v) is 14.0. The number of fused-ring (bicyclic) bond motifs is 5. The molecule has 0 radical (unpaired) electrons. The van der Waals surface area contributed by atoms with Gasteiger partial charge in [-0.15, -0.1) is 0 Å². The first-order valence-electron chi connectivity index (χ1n) is 8.98. The van der Waals surface area contributed by atoms with E-state index in [0.717, 1.165) is 12.2 Å². The highest BCUT2D eigenvalue weighted by Gasteiger charge is 2.58. The van der Waals surface area contributed by atoms with Gasteiger partial charge < -0.3 is 9.73 Å². The first-order valence-corrected chi connectivity index (χ1v) is 8.98. The molecule has 2 aliphatic carbocycles. The van der Waals surface area contributed by atoms with E-state index in [-0.39, 0.29) is 41.4 Å². The Hall–Kier alpha value is -2.37. The maximum atomic E-state index is 12.5. The Balaban J connectivity index is 1.20. The van der Waals surface area contributed by atoms with E-state index >= 15 is 0 Å². The number of allylic oxidation sites excluding steroid dienone is 2. The molecule has 25 heavy (non-hydrogen) atoms. The minimum absolute atomic E-state index is 0.0176. The van der Waals surface area contributed by atoms with Crippen LogP contribution in [0.1, 0.15) is 25.0 Å². The van der Waals surface area contributed by atoms with Crippen molar-refractivity contribution in [3.8, 4) is 0 Å². The van der Waals surface area contributed by atoms with Gasteiger partial charge in [-0.25, -0.2) is 0 Å². The van der Waals surface area contributed by atoms with Gasteiger partial charge in [0.2, 0.25) is 17.7 Å². The van der Waals surface area contributed by atoms with Gasteiger partial charge in [0, 0.05) is 25.9 Å². The average molecular weight is 342 g/mol. The first kappa shape index (κ1) is 16.1. The fourth-order valence-electron chi connectivity index (χ4n) is 4.43. The normalized spacial score (nSPS) is 29.5. The first-order chi connectivity index (χ1) is 12.1. The Morgan fingerprint density at radius 3 is 2.56 bits per heavy atom. The van der Waals surface area contributed by atoms with Crippen LogP contribution in [0.15, 0.2) is 35.0 Å². The van der Waals surface area contributed by atoms with Gasteiger partial charge in [-0.2, -0.15) is 0 Å². The second kappa shape index (κ2) is 6.50. The van der Waals surface area contributed by atoms with Gasteiger partial charge >= 0.3 is 0 Å². The summed E-state index contributed by atoms with van der Waals surface area (Å²) in [5.74, 6) is 0.936. The summed E-state index contributed by atoms with van der Waals surface area (Å²) in [4.78, 5) is 38.3. The van der Waals surface area contributed by atoms with Crippen LogP contribution in [-0.2, 0) is 20.8 Å². The molecule has 3 aliphatic rings. The third-order valence-corrected chi connectivity index (χ3v) is 5.62. The lowest BCUT2D eigenvalue weighted by Gasteiger charge is -2.17. The van der Waals surface area contributed by atoms with Crippen LogP contribution in [0.4, 0.5) is 0 Å². The lowest BCUT2D eigenvalue weighted by molar-refractivity contribution is -0.140. The summed E-state index contributed by atoms with van der Waals surface area (Å²) >= 11 is 0. The largest absolute Gasteiger partial charge is 0.469 e. The number of furan rings is 1. The highest BCUT2D eigenvalue weighted by Crippen LogP contribution is 2.52. The molecular formula is C19H22N2O4. The van der Waals surface area contributed by atoms with E-state index in [4.69, 9.17) is 4.42 Å². The number of amides is 3. The molecule has 1 saturated carbocycles. The molecule has 1 N–H and O–H groups in total. The fourth-order valence-corrected chi connectivity index (χ4v) is 4.43. The molecule has 1 aliphatic heterocycles. The third kappa shape index (κ3) is 2.90. The Morgan fingerprint density at radius 1 is 1.20 bits per heavy atom. The summed E-state index contributed by atoms with van der Waals surface area (Å²) in [6.07, 6.45) is 8.27. The highest BCUT2D eigenvalue weighted by molar-refractivity contribution is 6.06. The van der Waals surface area contributed by atoms with Crippen molar-refractivity contribution in [3.05, 3.63) is 36.3 Å². The molecule has 1 saturated heterocycles. The molecular weight excluding hydrogens is 320 g/mol. The van der Waals surface area contributed by atoms with E-state index in [2.05, 4.69) is 17.5 Å². The number of rotatable bonds is 7. The molecule has 3 amide bonds. The Kier molecular flexibility index (Phi) is 4.19.